The first-order chi connectivity index (χ1) is 17.1. The van der Waals surface area contributed by atoms with Crippen LogP contribution in [0.4, 0.5) is 5.69 Å². The largest absolute Gasteiger partial charge is 0.354 e. The normalized spacial score (nSPS) is 12.2. The van der Waals surface area contributed by atoms with Gasteiger partial charge < -0.3 is 10.2 Å². The molecule has 0 unspecified atom stereocenters. The second kappa shape index (κ2) is 12.2. The Bertz CT molecular complexity index is 1310. The Morgan fingerprint density at radius 1 is 1.00 bits per heavy atom. The Hall–Kier alpha value is -3.10. The smallest absolute Gasteiger partial charge is 0.244 e. The molecule has 192 valence electrons. The number of nitrogens with zero attached hydrogens (tertiary/aromatic N) is 2. The molecule has 0 aromatic heterocycles. The van der Waals surface area contributed by atoms with Gasteiger partial charge >= 0.3 is 0 Å². The molecule has 0 bridgehead atoms. The minimum absolute atomic E-state index is 0.130. The Balaban J connectivity index is 1.95. The second-order valence-electron chi connectivity index (χ2n) is 8.74. The number of anilines is 1. The number of halogens is 1. The first kappa shape index (κ1) is 27.5. The maximum Gasteiger partial charge on any atom is 0.244 e. The van der Waals surface area contributed by atoms with Gasteiger partial charge in [-0.1, -0.05) is 73.5 Å². The number of rotatable bonds is 11. The fourth-order valence-corrected chi connectivity index (χ4v) is 4.91. The van der Waals surface area contributed by atoms with Crippen molar-refractivity contribution in [1.82, 2.24) is 10.2 Å². The number of unbranched alkanes of at least 4 members (excludes halogenated alkanes) is 1. The molecule has 0 fully saturated rings. The number of carbonyl (C=O) groups excluding carboxylic acids is 2. The third-order valence-electron chi connectivity index (χ3n) is 5.98. The van der Waals surface area contributed by atoms with E-state index in [1.807, 2.05) is 37.3 Å². The van der Waals surface area contributed by atoms with Crippen molar-refractivity contribution >= 4 is 49.9 Å². The van der Waals surface area contributed by atoms with E-state index in [0.717, 1.165) is 34.4 Å². The molecular formula is C27H32ClN3O4S. The van der Waals surface area contributed by atoms with E-state index in [4.69, 9.17) is 11.6 Å². The van der Waals surface area contributed by atoms with Gasteiger partial charge in [-0.25, -0.2) is 8.42 Å². The average molecular weight is 530 g/mol. The van der Waals surface area contributed by atoms with Crippen molar-refractivity contribution in [2.45, 2.75) is 39.3 Å². The molecular weight excluding hydrogens is 498 g/mol. The van der Waals surface area contributed by atoms with Gasteiger partial charge in [-0.3, -0.25) is 13.9 Å². The lowest BCUT2D eigenvalue weighted by molar-refractivity contribution is -0.139. The Morgan fingerprint density at radius 3 is 2.33 bits per heavy atom. The first-order valence-electron chi connectivity index (χ1n) is 11.9. The van der Waals surface area contributed by atoms with Gasteiger partial charge in [0.25, 0.3) is 0 Å². The molecule has 3 aromatic carbocycles. The van der Waals surface area contributed by atoms with E-state index in [0.29, 0.717) is 22.6 Å². The third-order valence-corrected chi connectivity index (χ3v) is 7.36. The molecule has 3 rings (SSSR count). The van der Waals surface area contributed by atoms with Gasteiger partial charge in [0.2, 0.25) is 21.8 Å². The molecule has 0 saturated heterocycles. The maximum atomic E-state index is 13.7. The molecule has 7 nitrogen and oxygen atoms in total. The molecule has 2 amide bonds. The van der Waals surface area contributed by atoms with E-state index in [-0.39, 0.29) is 12.5 Å². The van der Waals surface area contributed by atoms with Crippen LogP contribution in [-0.4, -0.2) is 50.5 Å². The Morgan fingerprint density at radius 2 is 1.67 bits per heavy atom. The van der Waals surface area contributed by atoms with Crippen LogP contribution in [0.1, 0.15) is 32.3 Å². The molecule has 36 heavy (non-hydrogen) atoms. The van der Waals surface area contributed by atoms with Gasteiger partial charge in [0.05, 0.1) is 11.9 Å². The van der Waals surface area contributed by atoms with Crippen LogP contribution >= 0.6 is 11.6 Å². The zero-order valence-corrected chi connectivity index (χ0v) is 22.3. The number of sulfonamides is 1. The van der Waals surface area contributed by atoms with E-state index >= 15 is 0 Å². The molecule has 0 aliphatic heterocycles. The van der Waals surface area contributed by atoms with Crippen molar-refractivity contribution in [1.29, 1.82) is 0 Å². The van der Waals surface area contributed by atoms with Crippen LogP contribution in [0.5, 0.6) is 0 Å². The highest BCUT2D eigenvalue weighted by Gasteiger charge is 2.30. The summed E-state index contributed by atoms with van der Waals surface area (Å²) < 4.78 is 26.8. The van der Waals surface area contributed by atoms with Gasteiger partial charge in [0.1, 0.15) is 12.6 Å². The molecule has 1 N–H and O–H groups in total. The topological polar surface area (TPSA) is 86.8 Å². The fraction of sp³-hybridized carbons (Fsp3) is 0.333. The van der Waals surface area contributed by atoms with Gasteiger partial charge in [-0.2, -0.15) is 0 Å². The first-order valence-corrected chi connectivity index (χ1v) is 14.1. The minimum Gasteiger partial charge on any atom is -0.354 e. The van der Waals surface area contributed by atoms with Gasteiger partial charge in [0, 0.05) is 23.5 Å². The Kier molecular flexibility index (Phi) is 9.34. The van der Waals surface area contributed by atoms with Crippen molar-refractivity contribution in [3.05, 3.63) is 77.3 Å². The molecule has 3 aromatic rings. The van der Waals surface area contributed by atoms with Gasteiger partial charge in [-0.05, 0) is 42.5 Å². The van der Waals surface area contributed by atoms with Gasteiger partial charge in [-0.15, -0.1) is 0 Å². The maximum absolute atomic E-state index is 13.7. The molecule has 1 atom stereocenters. The van der Waals surface area contributed by atoms with Crippen molar-refractivity contribution in [2.75, 3.05) is 23.7 Å². The average Bonchev–Trinajstić information content (AvgIpc) is 2.85. The quantitative estimate of drug-likeness (QED) is 0.368. The van der Waals surface area contributed by atoms with E-state index in [9.17, 15) is 18.0 Å². The molecule has 0 spiro atoms. The van der Waals surface area contributed by atoms with Crippen LogP contribution in [-0.2, 0) is 26.2 Å². The Labute approximate surface area is 218 Å². The van der Waals surface area contributed by atoms with Crippen molar-refractivity contribution in [2.24, 2.45) is 0 Å². The van der Waals surface area contributed by atoms with E-state index in [2.05, 4.69) is 5.32 Å². The number of benzene rings is 3. The predicted octanol–water partition coefficient (Wildman–Crippen LogP) is 4.59. The lowest BCUT2D eigenvalue weighted by Gasteiger charge is -2.31. The van der Waals surface area contributed by atoms with Crippen LogP contribution in [0.25, 0.3) is 10.8 Å². The molecule has 0 heterocycles. The summed E-state index contributed by atoms with van der Waals surface area (Å²) >= 11 is 6.01. The van der Waals surface area contributed by atoms with Crippen molar-refractivity contribution in [3.63, 3.8) is 0 Å². The number of nitrogens with one attached hydrogen (secondary N) is 1. The summed E-state index contributed by atoms with van der Waals surface area (Å²) in [6.45, 7) is 3.88. The second-order valence-corrected chi connectivity index (χ2v) is 11.1. The van der Waals surface area contributed by atoms with Crippen LogP contribution in [0, 0.1) is 0 Å². The summed E-state index contributed by atoms with van der Waals surface area (Å²) in [5.74, 6) is -0.775. The molecule has 0 saturated carbocycles. The lowest BCUT2D eigenvalue weighted by atomic mass is 10.1. The highest BCUT2D eigenvalue weighted by Crippen LogP contribution is 2.28. The fourth-order valence-electron chi connectivity index (χ4n) is 3.93. The number of hydrogen-bond acceptors (Lipinski definition) is 4. The lowest BCUT2D eigenvalue weighted by Crippen LogP contribution is -2.51. The summed E-state index contributed by atoms with van der Waals surface area (Å²) in [5, 5.41) is 5.00. The summed E-state index contributed by atoms with van der Waals surface area (Å²) in [6.07, 6.45) is 2.83. The molecule has 0 aliphatic rings. The van der Waals surface area contributed by atoms with E-state index < -0.39 is 28.5 Å². The predicted molar refractivity (Wildman–Crippen MR) is 146 cm³/mol. The van der Waals surface area contributed by atoms with Crippen LogP contribution in [0.15, 0.2) is 66.7 Å². The summed E-state index contributed by atoms with van der Waals surface area (Å²) in [5.41, 5.74) is 1.19. The number of fused-ring (bicyclic) bond motifs is 1. The minimum atomic E-state index is -3.81. The summed E-state index contributed by atoms with van der Waals surface area (Å²) in [4.78, 5) is 28.0. The van der Waals surface area contributed by atoms with Crippen molar-refractivity contribution < 1.29 is 18.0 Å². The SMILES string of the molecule is CCCCNC(=O)[C@@H](C)N(Cc1ccc(Cl)cc1)C(=O)CN(c1cccc2ccccc12)S(C)(=O)=O. The van der Waals surface area contributed by atoms with Crippen LogP contribution in [0.3, 0.4) is 0 Å². The van der Waals surface area contributed by atoms with Crippen molar-refractivity contribution in [3.8, 4) is 0 Å². The zero-order valence-electron chi connectivity index (χ0n) is 20.8. The van der Waals surface area contributed by atoms with E-state index in [1.165, 1.54) is 4.90 Å². The molecule has 0 radical (unpaired) electrons. The monoisotopic (exact) mass is 529 g/mol. The third kappa shape index (κ3) is 6.98. The zero-order chi connectivity index (χ0) is 26.3. The van der Waals surface area contributed by atoms with E-state index in [1.54, 1.807) is 43.3 Å². The number of amides is 2. The highest BCUT2D eigenvalue weighted by molar-refractivity contribution is 7.92. The summed E-state index contributed by atoms with van der Waals surface area (Å²) in [7, 11) is -3.81. The summed E-state index contributed by atoms with van der Waals surface area (Å²) in [6, 6.07) is 18.9. The van der Waals surface area contributed by atoms with Crippen LogP contribution in [0.2, 0.25) is 5.02 Å². The van der Waals surface area contributed by atoms with Crippen LogP contribution < -0.4 is 9.62 Å². The molecule has 0 aliphatic carbocycles. The standard InChI is InChI=1S/C27H32ClN3O4S/c1-4-5-17-29-27(33)20(2)30(18-21-13-15-23(28)16-14-21)26(32)19-31(36(3,34)35)25-12-8-10-22-9-6-7-11-24(22)25/h6-16,20H,4-5,17-19H2,1-3H3,(H,29,33)/t20-/m1/s1. The molecule has 9 heteroatoms. The number of carbonyl (C=O) groups is 2. The highest BCUT2D eigenvalue weighted by atomic mass is 35.5. The number of hydrogen-bond donors (Lipinski definition) is 1. The van der Waals surface area contributed by atoms with Gasteiger partial charge in [0.15, 0.2) is 0 Å².